The van der Waals surface area contributed by atoms with Gasteiger partial charge < -0.3 is 19.5 Å². The van der Waals surface area contributed by atoms with Crippen molar-refractivity contribution in [3.05, 3.63) is 104 Å². The van der Waals surface area contributed by atoms with Crippen molar-refractivity contribution >= 4 is 46.9 Å². The number of ether oxygens (including phenoxy) is 3. The predicted octanol–water partition coefficient (Wildman–Crippen LogP) is 7.84. The summed E-state index contributed by atoms with van der Waals surface area (Å²) >= 11 is 14.0. The summed E-state index contributed by atoms with van der Waals surface area (Å²) in [6.07, 6.45) is -0.331. The number of carbonyl (C=O) groups is 1. The second kappa shape index (κ2) is 13.3. The molecule has 1 aromatic heterocycles. The minimum absolute atomic E-state index is 0.0984. The Kier molecular flexibility index (Phi) is 9.49. The largest absolute Gasteiger partial charge is 0.493 e. The van der Waals surface area contributed by atoms with E-state index in [-0.39, 0.29) is 23.3 Å². The number of esters is 1. The van der Waals surface area contributed by atoms with Crippen molar-refractivity contribution in [1.82, 2.24) is 14.8 Å². The Morgan fingerprint density at radius 2 is 1.86 bits per heavy atom. The number of fused-ring (bicyclic) bond motifs is 1. The average Bonchev–Trinajstić information content (AvgIpc) is 3.37. The van der Waals surface area contributed by atoms with Gasteiger partial charge in [0.2, 0.25) is 11.1 Å². The lowest BCUT2D eigenvalue weighted by molar-refractivity contribution is -0.143. The number of nitrogens with one attached hydrogen (secondary N) is 1. The van der Waals surface area contributed by atoms with E-state index < -0.39 is 17.8 Å². The fraction of sp³-hybridized carbons (Fsp3) is 0.258. The lowest BCUT2D eigenvalue weighted by Crippen LogP contribution is -2.30. The third kappa shape index (κ3) is 6.76. The molecule has 0 bridgehead atoms. The van der Waals surface area contributed by atoms with Crippen LogP contribution in [0.4, 0.5) is 10.3 Å². The summed E-state index contributed by atoms with van der Waals surface area (Å²) in [5, 5.41) is 9.41. The van der Waals surface area contributed by atoms with E-state index in [0.29, 0.717) is 50.2 Å². The zero-order chi connectivity index (χ0) is 30.7. The topological polar surface area (TPSA) is 87.5 Å². The number of hydrogen-bond donors (Lipinski definition) is 1. The zero-order valence-electron chi connectivity index (χ0n) is 23.9. The molecule has 0 amide bonds. The third-order valence-electron chi connectivity index (χ3n) is 6.65. The standard InChI is InChI=1S/C31H29Cl2FN4O4S/c1-17(2)42-29(39)27-18(3)35-30-36-31(43-16-20-8-5-6-9-22(20)32)37-38(30)28(27)19-12-13-25(26(14-19)40-4)41-15-21-23(33)10-7-11-24(21)34/h5-14,17,28H,15-16H2,1-4H3,(H,35,36,37). The molecule has 0 fully saturated rings. The quantitative estimate of drug-likeness (QED) is 0.138. The molecule has 0 saturated carbocycles. The van der Waals surface area contributed by atoms with Crippen LogP contribution in [0.3, 0.4) is 0 Å². The number of rotatable bonds is 10. The monoisotopic (exact) mass is 642 g/mol. The molecular formula is C31H29Cl2FN4O4S. The maximum atomic E-state index is 14.3. The van der Waals surface area contributed by atoms with Gasteiger partial charge in [-0.3, -0.25) is 0 Å². The van der Waals surface area contributed by atoms with Crippen molar-refractivity contribution in [2.45, 2.75) is 50.4 Å². The number of hydrogen-bond acceptors (Lipinski definition) is 8. The number of allylic oxidation sites excluding steroid dienone is 1. The molecule has 0 radical (unpaired) electrons. The fourth-order valence-corrected chi connectivity index (χ4v) is 5.93. The van der Waals surface area contributed by atoms with Crippen molar-refractivity contribution in [3.8, 4) is 11.5 Å². The molecule has 1 aliphatic heterocycles. The van der Waals surface area contributed by atoms with E-state index in [0.717, 1.165) is 5.56 Å². The highest BCUT2D eigenvalue weighted by atomic mass is 35.5. The minimum Gasteiger partial charge on any atom is -0.493 e. The summed E-state index contributed by atoms with van der Waals surface area (Å²) in [7, 11) is 1.50. The van der Waals surface area contributed by atoms with Crippen molar-refractivity contribution < 1.29 is 23.4 Å². The van der Waals surface area contributed by atoms with Gasteiger partial charge in [-0.15, -0.1) is 5.10 Å². The van der Waals surface area contributed by atoms with Gasteiger partial charge in [0, 0.05) is 22.0 Å². The average molecular weight is 644 g/mol. The molecule has 1 atom stereocenters. The molecule has 12 heteroatoms. The van der Waals surface area contributed by atoms with Gasteiger partial charge in [0.05, 0.1) is 23.8 Å². The second-order valence-electron chi connectivity index (χ2n) is 9.96. The Morgan fingerprint density at radius 3 is 2.58 bits per heavy atom. The van der Waals surface area contributed by atoms with Crippen LogP contribution in [0, 0.1) is 5.82 Å². The molecule has 43 heavy (non-hydrogen) atoms. The molecule has 3 aromatic carbocycles. The SMILES string of the molecule is COc1cc(C2C(C(=O)OC(C)C)=C(C)Nc3nc(SCc4ccccc4Cl)nn32)ccc1OCc1c(F)cccc1Cl. The molecule has 1 N–H and O–H groups in total. The molecule has 4 aromatic rings. The maximum absolute atomic E-state index is 14.3. The van der Waals surface area contributed by atoms with Crippen LogP contribution < -0.4 is 14.8 Å². The van der Waals surface area contributed by atoms with E-state index in [4.69, 9.17) is 42.5 Å². The molecule has 5 rings (SSSR count). The maximum Gasteiger partial charge on any atom is 0.338 e. The Hall–Kier alpha value is -3.73. The summed E-state index contributed by atoms with van der Waals surface area (Å²) in [5.74, 6) is 0.847. The molecular weight excluding hydrogens is 614 g/mol. The fourth-order valence-electron chi connectivity index (χ4n) is 4.59. The van der Waals surface area contributed by atoms with Gasteiger partial charge in [0.25, 0.3) is 0 Å². The predicted molar refractivity (Wildman–Crippen MR) is 165 cm³/mol. The van der Waals surface area contributed by atoms with Crippen LogP contribution in [0.2, 0.25) is 10.0 Å². The van der Waals surface area contributed by atoms with Gasteiger partial charge in [0.1, 0.15) is 18.5 Å². The van der Waals surface area contributed by atoms with E-state index in [1.165, 1.54) is 31.0 Å². The van der Waals surface area contributed by atoms with Crippen molar-refractivity contribution in [2.75, 3.05) is 12.4 Å². The van der Waals surface area contributed by atoms with Gasteiger partial charge in [-0.05, 0) is 62.2 Å². The summed E-state index contributed by atoms with van der Waals surface area (Å²) in [5.41, 5.74) is 2.84. The highest BCUT2D eigenvalue weighted by Crippen LogP contribution is 2.40. The first kappa shape index (κ1) is 30.7. The number of methoxy groups -OCH3 is 1. The first-order chi connectivity index (χ1) is 20.7. The summed E-state index contributed by atoms with van der Waals surface area (Å²) in [6.45, 7) is 5.28. The number of halogens is 3. The van der Waals surface area contributed by atoms with Crippen LogP contribution in [0.5, 0.6) is 11.5 Å². The molecule has 1 aliphatic rings. The summed E-state index contributed by atoms with van der Waals surface area (Å²) in [4.78, 5) is 18.1. The van der Waals surface area contributed by atoms with Crippen LogP contribution in [-0.4, -0.2) is 33.9 Å². The van der Waals surface area contributed by atoms with Crippen LogP contribution in [-0.2, 0) is 21.9 Å². The van der Waals surface area contributed by atoms with Gasteiger partial charge in [0.15, 0.2) is 11.5 Å². The highest BCUT2D eigenvalue weighted by molar-refractivity contribution is 7.98. The minimum atomic E-state index is -0.686. The second-order valence-corrected chi connectivity index (χ2v) is 11.7. The Bertz CT molecular complexity index is 1670. The molecule has 0 saturated heterocycles. The molecule has 1 unspecified atom stereocenters. The van der Waals surface area contributed by atoms with Crippen LogP contribution in [0.1, 0.15) is 43.5 Å². The molecule has 0 aliphatic carbocycles. The van der Waals surface area contributed by atoms with Crippen molar-refractivity contribution in [1.29, 1.82) is 0 Å². The highest BCUT2D eigenvalue weighted by Gasteiger charge is 2.36. The van der Waals surface area contributed by atoms with E-state index >= 15 is 0 Å². The van der Waals surface area contributed by atoms with Crippen LogP contribution in [0.25, 0.3) is 0 Å². The van der Waals surface area contributed by atoms with Crippen molar-refractivity contribution in [3.63, 3.8) is 0 Å². The van der Waals surface area contributed by atoms with Gasteiger partial charge in [-0.2, -0.15) is 4.98 Å². The van der Waals surface area contributed by atoms with Crippen molar-refractivity contribution in [2.24, 2.45) is 0 Å². The van der Waals surface area contributed by atoms with E-state index in [1.54, 1.807) is 49.7 Å². The van der Waals surface area contributed by atoms with Crippen LogP contribution in [0.15, 0.2) is 77.1 Å². The smallest absolute Gasteiger partial charge is 0.338 e. The number of anilines is 1. The number of benzene rings is 3. The molecule has 0 spiro atoms. The first-order valence-corrected chi connectivity index (χ1v) is 15.2. The van der Waals surface area contributed by atoms with Crippen LogP contribution >= 0.6 is 35.0 Å². The number of carbonyl (C=O) groups excluding carboxylic acids is 1. The first-order valence-electron chi connectivity index (χ1n) is 13.4. The Labute approximate surface area is 263 Å². The molecule has 224 valence electrons. The third-order valence-corrected chi connectivity index (χ3v) is 8.26. The van der Waals surface area contributed by atoms with E-state index in [1.807, 2.05) is 24.3 Å². The molecule has 2 heterocycles. The number of nitrogens with zero attached hydrogens (tertiary/aromatic N) is 3. The number of thioether (sulfide) groups is 1. The lowest BCUT2D eigenvalue weighted by Gasteiger charge is -2.29. The summed E-state index contributed by atoms with van der Waals surface area (Å²) in [6, 6.07) is 16.6. The zero-order valence-corrected chi connectivity index (χ0v) is 26.2. The number of aromatic nitrogens is 3. The molecule has 8 nitrogen and oxygen atoms in total. The Balaban J connectivity index is 1.49. The lowest BCUT2D eigenvalue weighted by atomic mass is 9.95. The van der Waals surface area contributed by atoms with E-state index in [2.05, 4.69) is 10.3 Å². The van der Waals surface area contributed by atoms with Gasteiger partial charge in [-0.25, -0.2) is 13.9 Å². The Morgan fingerprint density at radius 1 is 1.09 bits per heavy atom. The van der Waals surface area contributed by atoms with Gasteiger partial charge >= 0.3 is 5.97 Å². The summed E-state index contributed by atoms with van der Waals surface area (Å²) < 4.78 is 33.2. The normalized spacial score (nSPS) is 14.4. The van der Waals surface area contributed by atoms with E-state index in [9.17, 15) is 9.18 Å². The van der Waals surface area contributed by atoms with Gasteiger partial charge in [-0.1, -0.05) is 65.3 Å².